The summed E-state index contributed by atoms with van der Waals surface area (Å²) < 4.78 is 6.39. The highest BCUT2D eigenvalue weighted by molar-refractivity contribution is 9.10. The molecule has 27 heavy (non-hydrogen) atoms. The number of ether oxygens (including phenoxy) is 1. The first kappa shape index (κ1) is 20.9. The smallest absolute Gasteiger partial charge is 0.269 e. The van der Waals surface area contributed by atoms with Crippen LogP contribution < -0.4 is 20.9 Å². The zero-order valence-electron chi connectivity index (χ0n) is 15.1. The molecule has 0 aliphatic heterocycles. The highest BCUT2D eigenvalue weighted by Gasteiger charge is 2.16. The molecule has 0 fully saturated rings. The van der Waals surface area contributed by atoms with Crippen LogP contribution in [0.3, 0.4) is 0 Å². The second kappa shape index (κ2) is 9.48. The highest BCUT2D eigenvalue weighted by Crippen LogP contribution is 2.24. The van der Waals surface area contributed by atoms with Crippen molar-refractivity contribution in [2.75, 3.05) is 0 Å². The van der Waals surface area contributed by atoms with Crippen molar-refractivity contribution < 1.29 is 14.3 Å². The zero-order chi connectivity index (χ0) is 20.0. The Labute approximate surface area is 171 Å². The van der Waals surface area contributed by atoms with Gasteiger partial charge in [-0.15, -0.1) is 0 Å². The van der Waals surface area contributed by atoms with E-state index in [9.17, 15) is 9.59 Å². The topological polar surface area (TPSA) is 79.5 Å². The van der Waals surface area contributed by atoms with Crippen molar-refractivity contribution >= 4 is 45.1 Å². The minimum Gasteiger partial charge on any atom is -0.490 e. The van der Waals surface area contributed by atoms with Crippen molar-refractivity contribution in [3.8, 4) is 5.75 Å². The normalized spacial score (nSPS) is 10.3. The summed E-state index contributed by atoms with van der Waals surface area (Å²) in [4.78, 5) is 24.7. The van der Waals surface area contributed by atoms with Crippen LogP contribution in [-0.4, -0.2) is 23.0 Å². The molecule has 0 aliphatic carbocycles. The van der Waals surface area contributed by atoms with E-state index in [-0.39, 0.29) is 17.1 Å². The molecule has 0 aliphatic rings. The monoisotopic (exact) mass is 449 g/mol. The van der Waals surface area contributed by atoms with Gasteiger partial charge in [0.2, 0.25) is 0 Å². The second-order valence-electron chi connectivity index (χ2n) is 5.98. The van der Waals surface area contributed by atoms with Gasteiger partial charge in [-0.2, -0.15) is 0 Å². The minimum atomic E-state index is -0.449. The Balaban J connectivity index is 2.00. The summed E-state index contributed by atoms with van der Waals surface area (Å²) in [6, 6.07) is 12.3. The Morgan fingerprint density at radius 2 is 1.74 bits per heavy atom. The summed E-state index contributed by atoms with van der Waals surface area (Å²) in [6.07, 6.45) is -0.0868. The molecule has 142 valence electrons. The number of benzene rings is 2. The number of aryl methyl sites for hydroxylation is 1. The Kier molecular flexibility index (Phi) is 7.32. The van der Waals surface area contributed by atoms with Gasteiger partial charge in [0.05, 0.1) is 11.7 Å². The van der Waals surface area contributed by atoms with E-state index >= 15 is 0 Å². The quantitative estimate of drug-likeness (QED) is 0.491. The molecular weight excluding hydrogens is 430 g/mol. The van der Waals surface area contributed by atoms with Gasteiger partial charge in [0.25, 0.3) is 11.8 Å². The lowest BCUT2D eigenvalue weighted by Gasteiger charge is -2.15. The van der Waals surface area contributed by atoms with E-state index in [4.69, 9.17) is 17.0 Å². The van der Waals surface area contributed by atoms with Gasteiger partial charge in [0, 0.05) is 10.0 Å². The van der Waals surface area contributed by atoms with Crippen LogP contribution in [0.4, 0.5) is 0 Å². The fraction of sp³-hybridized carbons (Fsp3) is 0.211. The molecule has 0 saturated heterocycles. The van der Waals surface area contributed by atoms with Gasteiger partial charge >= 0.3 is 0 Å². The summed E-state index contributed by atoms with van der Waals surface area (Å²) in [5.41, 5.74) is 6.67. The maximum Gasteiger partial charge on any atom is 0.269 e. The van der Waals surface area contributed by atoms with Gasteiger partial charge in [0.1, 0.15) is 5.75 Å². The molecule has 2 aromatic rings. The van der Waals surface area contributed by atoms with Crippen molar-refractivity contribution in [2.24, 2.45) is 0 Å². The van der Waals surface area contributed by atoms with Crippen molar-refractivity contribution in [1.29, 1.82) is 0 Å². The number of hydrogen-bond acceptors (Lipinski definition) is 4. The number of nitrogens with one attached hydrogen (secondary N) is 3. The first-order valence-corrected chi connectivity index (χ1v) is 9.41. The lowest BCUT2D eigenvalue weighted by atomic mass is 10.1. The molecule has 8 heteroatoms. The van der Waals surface area contributed by atoms with Crippen LogP contribution in [0, 0.1) is 6.92 Å². The number of carbonyl (C=O) groups is 2. The number of rotatable bonds is 4. The predicted octanol–water partition coefficient (Wildman–Crippen LogP) is 3.49. The highest BCUT2D eigenvalue weighted by atomic mass is 79.9. The van der Waals surface area contributed by atoms with Crippen molar-refractivity contribution in [1.82, 2.24) is 16.2 Å². The van der Waals surface area contributed by atoms with E-state index in [1.165, 1.54) is 0 Å². The summed E-state index contributed by atoms with van der Waals surface area (Å²) in [5.74, 6) is -0.358. The number of carbonyl (C=O) groups excluding carboxylic acids is 2. The average Bonchev–Trinajstić information content (AvgIpc) is 2.61. The van der Waals surface area contributed by atoms with Crippen LogP contribution in [0.2, 0.25) is 0 Å². The minimum absolute atomic E-state index is 0.0302. The molecule has 0 spiro atoms. The molecule has 2 aromatic carbocycles. The number of hydrogen-bond donors (Lipinski definition) is 3. The molecule has 0 aromatic heterocycles. The second-order valence-corrected chi connectivity index (χ2v) is 7.31. The first-order valence-electron chi connectivity index (χ1n) is 8.21. The van der Waals surface area contributed by atoms with Gasteiger partial charge in [-0.05, 0) is 62.8 Å². The van der Waals surface area contributed by atoms with Gasteiger partial charge in [0.15, 0.2) is 5.11 Å². The number of thiocarbonyl (C=S) groups is 1. The van der Waals surface area contributed by atoms with Crippen molar-refractivity contribution in [3.05, 3.63) is 63.6 Å². The Hall–Kier alpha value is -2.45. The largest absolute Gasteiger partial charge is 0.490 e. The molecule has 2 amide bonds. The Morgan fingerprint density at radius 3 is 2.41 bits per heavy atom. The van der Waals surface area contributed by atoms with Crippen LogP contribution >= 0.6 is 28.1 Å². The van der Waals surface area contributed by atoms with Gasteiger partial charge in [-0.3, -0.25) is 25.8 Å². The summed E-state index contributed by atoms with van der Waals surface area (Å²) >= 11 is 8.42. The number of amides is 2. The Morgan fingerprint density at radius 1 is 1.04 bits per heavy atom. The molecule has 3 N–H and O–H groups in total. The molecule has 0 radical (unpaired) electrons. The lowest BCUT2D eigenvalue weighted by Crippen LogP contribution is -2.48. The summed E-state index contributed by atoms with van der Waals surface area (Å²) in [6.45, 7) is 5.58. The molecule has 0 bridgehead atoms. The maximum atomic E-state index is 12.5. The zero-order valence-corrected chi connectivity index (χ0v) is 17.5. The standard InChI is InChI=1S/C19H20BrN3O3S/c1-11(2)26-16-9-8-13(20)10-15(16)17(24)21-19(27)23-22-18(25)14-7-5-4-6-12(14)3/h4-11H,1-3H3,(H,22,25)(H2,21,23,24,27). The third kappa shape index (κ3) is 6.04. The van der Waals surface area contributed by atoms with Crippen LogP contribution in [0.1, 0.15) is 40.1 Å². The molecule has 2 rings (SSSR count). The molecular formula is C19H20BrN3O3S. The third-order valence-corrected chi connectivity index (χ3v) is 4.15. The fourth-order valence-electron chi connectivity index (χ4n) is 2.25. The van der Waals surface area contributed by atoms with E-state index in [1.807, 2.05) is 32.9 Å². The Bertz CT molecular complexity index is 871. The van der Waals surface area contributed by atoms with E-state index in [1.54, 1.807) is 30.3 Å². The number of halogens is 1. The molecule has 0 unspecified atom stereocenters. The summed E-state index contributed by atoms with van der Waals surface area (Å²) in [5, 5.41) is 2.49. The van der Waals surface area contributed by atoms with Crippen LogP contribution in [0.15, 0.2) is 46.9 Å². The molecule has 0 saturated carbocycles. The van der Waals surface area contributed by atoms with Crippen molar-refractivity contribution in [3.63, 3.8) is 0 Å². The van der Waals surface area contributed by atoms with Crippen LogP contribution in [0.5, 0.6) is 5.75 Å². The molecule has 6 nitrogen and oxygen atoms in total. The SMILES string of the molecule is Cc1ccccc1C(=O)NNC(=S)NC(=O)c1cc(Br)ccc1OC(C)C. The van der Waals surface area contributed by atoms with E-state index < -0.39 is 5.91 Å². The predicted molar refractivity (Wildman–Crippen MR) is 112 cm³/mol. The number of hydrazine groups is 1. The summed E-state index contributed by atoms with van der Waals surface area (Å²) in [7, 11) is 0. The van der Waals surface area contributed by atoms with E-state index in [2.05, 4.69) is 32.1 Å². The lowest BCUT2D eigenvalue weighted by molar-refractivity contribution is 0.0932. The fourth-order valence-corrected chi connectivity index (χ4v) is 2.75. The van der Waals surface area contributed by atoms with Gasteiger partial charge in [-0.25, -0.2) is 0 Å². The van der Waals surface area contributed by atoms with Gasteiger partial charge < -0.3 is 4.74 Å². The molecule has 0 heterocycles. The van der Waals surface area contributed by atoms with Crippen LogP contribution in [0.25, 0.3) is 0 Å². The van der Waals surface area contributed by atoms with E-state index in [0.717, 1.165) is 10.0 Å². The molecule has 0 atom stereocenters. The maximum absolute atomic E-state index is 12.5. The van der Waals surface area contributed by atoms with Crippen molar-refractivity contribution in [2.45, 2.75) is 26.9 Å². The average molecular weight is 450 g/mol. The third-order valence-electron chi connectivity index (χ3n) is 3.46. The van der Waals surface area contributed by atoms with E-state index in [0.29, 0.717) is 16.9 Å². The first-order chi connectivity index (χ1) is 12.8. The van der Waals surface area contributed by atoms with Crippen LogP contribution in [-0.2, 0) is 0 Å². The van der Waals surface area contributed by atoms with Gasteiger partial charge in [-0.1, -0.05) is 34.1 Å².